The van der Waals surface area contributed by atoms with Gasteiger partial charge in [-0.25, -0.2) is 0 Å². The largest absolute Gasteiger partial charge is 0.489 e. The minimum absolute atomic E-state index is 0.167. The summed E-state index contributed by atoms with van der Waals surface area (Å²) in [5.74, 6) is 0.971. The van der Waals surface area contributed by atoms with Crippen molar-refractivity contribution in [3.63, 3.8) is 0 Å². The summed E-state index contributed by atoms with van der Waals surface area (Å²) in [5, 5.41) is 0. The van der Waals surface area contributed by atoms with E-state index in [1.54, 1.807) is 26.0 Å². The van der Waals surface area contributed by atoms with E-state index in [2.05, 4.69) is 0 Å². The van der Waals surface area contributed by atoms with Crippen molar-refractivity contribution in [2.24, 2.45) is 0 Å². The molecule has 0 unspecified atom stereocenters. The van der Waals surface area contributed by atoms with E-state index in [0.717, 1.165) is 6.07 Å². The van der Waals surface area contributed by atoms with Crippen LogP contribution in [0.5, 0.6) is 11.5 Å². The van der Waals surface area contributed by atoms with Crippen molar-refractivity contribution in [2.45, 2.75) is 38.7 Å². The number of fused-ring (bicyclic) bond motifs is 1. The SMILES string of the molecule is CC1(C)Cc2c(C(F)(F)F)ccc(COc3ccccc3)c2O1. The molecule has 0 radical (unpaired) electrons. The van der Waals surface area contributed by atoms with Gasteiger partial charge >= 0.3 is 6.18 Å². The van der Waals surface area contributed by atoms with Crippen LogP contribution >= 0.6 is 0 Å². The molecule has 0 N–H and O–H groups in total. The Morgan fingerprint density at radius 1 is 1.09 bits per heavy atom. The molecule has 2 aromatic carbocycles. The zero-order valence-corrected chi connectivity index (χ0v) is 12.9. The van der Waals surface area contributed by atoms with Crippen molar-refractivity contribution in [2.75, 3.05) is 0 Å². The van der Waals surface area contributed by atoms with Crippen LogP contribution in [0.4, 0.5) is 13.2 Å². The van der Waals surface area contributed by atoms with Crippen LogP contribution in [0.25, 0.3) is 0 Å². The van der Waals surface area contributed by atoms with Crippen LogP contribution in [0.2, 0.25) is 0 Å². The van der Waals surface area contributed by atoms with Gasteiger partial charge in [-0.15, -0.1) is 0 Å². The first-order valence-electron chi connectivity index (χ1n) is 7.35. The Balaban J connectivity index is 1.93. The Labute approximate surface area is 132 Å². The molecule has 122 valence electrons. The van der Waals surface area contributed by atoms with Crippen LogP contribution in [0.15, 0.2) is 42.5 Å². The van der Waals surface area contributed by atoms with Crippen LogP contribution in [0.1, 0.15) is 30.5 Å². The number of para-hydroxylation sites is 1. The minimum atomic E-state index is -4.38. The summed E-state index contributed by atoms with van der Waals surface area (Å²) >= 11 is 0. The van der Waals surface area contributed by atoms with Crippen molar-refractivity contribution in [3.05, 3.63) is 59.2 Å². The first-order valence-corrected chi connectivity index (χ1v) is 7.35. The van der Waals surface area contributed by atoms with Gasteiger partial charge in [-0.3, -0.25) is 0 Å². The fraction of sp³-hybridized carbons (Fsp3) is 0.333. The van der Waals surface area contributed by atoms with E-state index in [0.29, 0.717) is 17.1 Å². The van der Waals surface area contributed by atoms with E-state index in [-0.39, 0.29) is 18.6 Å². The fourth-order valence-electron chi connectivity index (χ4n) is 2.77. The van der Waals surface area contributed by atoms with Gasteiger partial charge in [-0.2, -0.15) is 13.2 Å². The van der Waals surface area contributed by atoms with Crippen LogP contribution < -0.4 is 9.47 Å². The summed E-state index contributed by atoms with van der Waals surface area (Å²) in [6.07, 6.45) is -4.15. The van der Waals surface area contributed by atoms with Crippen molar-refractivity contribution >= 4 is 0 Å². The molecule has 23 heavy (non-hydrogen) atoms. The molecule has 1 aliphatic heterocycles. The summed E-state index contributed by atoms with van der Waals surface area (Å²) < 4.78 is 51.0. The lowest BCUT2D eigenvalue weighted by Gasteiger charge is -2.18. The molecule has 1 aliphatic rings. The normalized spacial score (nSPS) is 15.9. The highest BCUT2D eigenvalue weighted by Gasteiger charge is 2.41. The molecule has 2 aromatic rings. The van der Waals surface area contributed by atoms with Gasteiger partial charge in [0.05, 0.1) is 5.56 Å². The van der Waals surface area contributed by atoms with Gasteiger partial charge in [0.1, 0.15) is 23.7 Å². The van der Waals surface area contributed by atoms with Gasteiger partial charge in [0.2, 0.25) is 0 Å². The van der Waals surface area contributed by atoms with Crippen molar-refractivity contribution < 1.29 is 22.6 Å². The van der Waals surface area contributed by atoms with Gasteiger partial charge in [0, 0.05) is 17.5 Å². The van der Waals surface area contributed by atoms with Gasteiger partial charge < -0.3 is 9.47 Å². The van der Waals surface area contributed by atoms with Crippen LogP contribution in [0, 0.1) is 0 Å². The molecule has 0 spiro atoms. The van der Waals surface area contributed by atoms with E-state index in [1.165, 1.54) is 6.07 Å². The third-order valence-corrected chi connectivity index (χ3v) is 3.77. The topological polar surface area (TPSA) is 18.5 Å². The molecule has 0 saturated heterocycles. The van der Waals surface area contributed by atoms with Gasteiger partial charge in [0.15, 0.2) is 0 Å². The van der Waals surface area contributed by atoms with Gasteiger partial charge in [0.25, 0.3) is 0 Å². The standard InChI is InChI=1S/C18H17F3O2/c1-17(2)10-14-15(18(19,20)21)9-8-12(16(14)23-17)11-22-13-6-4-3-5-7-13/h3-9H,10-11H2,1-2H3. The molecular weight excluding hydrogens is 305 g/mol. The Hall–Kier alpha value is -2.17. The minimum Gasteiger partial charge on any atom is -0.489 e. The molecule has 0 amide bonds. The average molecular weight is 322 g/mol. The lowest BCUT2D eigenvalue weighted by atomic mass is 9.95. The molecule has 0 saturated carbocycles. The Morgan fingerprint density at radius 2 is 1.78 bits per heavy atom. The Bertz CT molecular complexity index is 706. The third-order valence-electron chi connectivity index (χ3n) is 3.77. The van der Waals surface area contributed by atoms with Crippen molar-refractivity contribution in [1.29, 1.82) is 0 Å². The maximum absolute atomic E-state index is 13.2. The predicted octanol–water partition coefficient (Wildman–Crippen LogP) is 5.00. The second-order valence-electron chi connectivity index (χ2n) is 6.22. The molecule has 0 aliphatic carbocycles. The molecule has 0 fully saturated rings. The number of halogens is 3. The van der Waals surface area contributed by atoms with Crippen LogP contribution in [-0.2, 0) is 19.2 Å². The van der Waals surface area contributed by atoms with E-state index in [1.807, 2.05) is 18.2 Å². The van der Waals surface area contributed by atoms with Crippen LogP contribution in [0.3, 0.4) is 0 Å². The maximum atomic E-state index is 13.2. The van der Waals surface area contributed by atoms with E-state index in [4.69, 9.17) is 9.47 Å². The highest BCUT2D eigenvalue weighted by molar-refractivity contribution is 5.51. The smallest absolute Gasteiger partial charge is 0.416 e. The third kappa shape index (κ3) is 3.28. The zero-order valence-electron chi connectivity index (χ0n) is 12.9. The summed E-state index contributed by atoms with van der Waals surface area (Å²) in [5.41, 5.74) is -0.425. The molecule has 3 rings (SSSR count). The quantitative estimate of drug-likeness (QED) is 0.792. The number of ether oxygens (including phenoxy) is 2. The number of benzene rings is 2. The molecule has 0 bridgehead atoms. The zero-order chi connectivity index (χ0) is 16.7. The number of hydrogen-bond acceptors (Lipinski definition) is 2. The second kappa shape index (κ2) is 5.48. The predicted molar refractivity (Wildman–Crippen MR) is 80.6 cm³/mol. The lowest BCUT2D eigenvalue weighted by Crippen LogP contribution is -2.25. The Kier molecular flexibility index (Phi) is 3.74. The van der Waals surface area contributed by atoms with Gasteiger partial charge in [-0.05, 0) is 32.0 Å². The first-order chi connectivity index (χ1) is 10.8. The van der Waals surface area contributed by atoms with Crippen LogP contribution in [-0.4, -0.2) is 5.60 Å². The Morgan fingerprint density at radius 3 is 2.43 bits per heavy atom. The lowest BCUT2D eigenvalue weighted by molar-refractivity contribution is -0.138. The number of alkyl halides is 3. The summed E-state index contributed by atoms with van der Waals surface area (Å²) in [6.45, 7) is 3.74. The molecule has 5 heteroatoms. The molecular formula is C18H17F3O2. The average Bonchev–Trinajstić information content (AvgIpc) is 2.79. The highest BCUT2D eigenvalue weighted by atomic mass is 19.4. The monoisotopic (exact) mass is 322 g/mol. The summed E-state index contributed by atoms with van der Waals surface area (Å²) in [7, 11) is 0. The highest BCUT2D eigenvalue weighted by Crippen LogP contribution is 2.45. The number of hydrogen-bond donors (Lipinski definition) is 0. The van der Waals surface area contributed by atoms with E-state index < -0.39 is 17.3 Å². The fourth-order valence-corrected chi connectivity index (χ4v) is 2.77. The van der Waals surface area contributed by atoms with Crippen molar-refractivity contribution in [3.8, 4) is 11.5 Å². The number of rotatable bonds is 3. The molecule has 0 aromatic heterocycles. The van der Waals surface area contributed by atoms with Gasteiger partial charge in [-0.1, -0.05) is 24.3 Å². The first kappa shape index (κ1) is 15.7. The molecule has 2 nitrogen and oxygen atoms in total. The van der Waals surface area contributed by atoms with E-state index >= 15 is 0 Å². The molecule has 1 heterocycles. The second-order valence-corrected chi connectivity index (χ2v) is 6.22. The van der Waals surface area contributed by atoms with Crippen molar-refractivity contribution in [1.82, 2.24) is 0 Å². The van der Waals surface area contributed by atoms with E-state index in [9.17, 15) is 13.2 Å². The summed E-state index contributed by atoms with van der Waals surface area (Å²) in [6, 6.07) is 11.7. The molecule has 0 atom stereocenters. The summed E-state index contributed by atoms with van der Waals surface area (Å²) in [4.78, 5) is 0. The maximum Gasteiger partial charge on any atom is 0.416 e.